The van der Waals surface area contributed by atoms with Crippen molar-refractivity contribution in [3.05, 3.63) is 41.3 Å². The SMILES string of the molecule is CCCCC[C@@H](CC[C@@H]1[C@H]2Cc3cccc(OCC(=O)O)c3C[C@H]2C[C@H]1O)OO/C(=C/N)C(C)C. The van der Waals surface area contributed by atoms with Crippen LogP contribution in [0.2, 0.25) is 0 Å². The summed E-state index contributed by atoms with van der Waals surface area (Å²) in [5.74, 6) is 1.46. The van der Waals surface area contributed by atoms with Crippen LogP contribution in [0.1, 0.15) is 76.8 Å². The van der Waals surface area contributed by atoms with Gasteiger partial charge < -0.3 is 25.6 Å². The van der Waals surface area contributed by atoms with Crippen molar-refractivity contribution in [2.24, 2.45) is 29.4 Å². The van der Waals surface area contributed by atoms with Crippen LogP contribution in [0.25, 0.3) is 0 Å². The largest absolute Gasteiger partial charge is 0.482 e. The summed E-state index contributed by atoms with van der Waals surface area (Å²) in [4.78, 5) is 22.4. The first kappa shape index (κ1) is 27.3. The van der Waals surface area contributed by atoms with Gasteiger partial charge in [0.15, 0.2) is 12.4 Å². The molecule has 7 nitrogen and oxygen atoms in total. The molecule has 196 valence electrons. The number of ether oxygens (including phenoxy) is 1. The second-order valence-electron chi connectivity index (χ2n) is 10.5. The summed E-state index contributed by atoms with van der Waals surface area (Å²) in [5.41, 5.74) is 8.01. The van der Waals surface area contributed by atoms with E-state index in [1.807, 2.05) is 26.0 Å². The average molecular weight is 490 g/mol. The number of unbranched alkanes of at least 4 members (excludes halogenated alkanes) is 2. The van der Waals surface area contributed by atoms with Crippen molar-refractivity contribution >= 4 is 5.97 Å². The van der Waals surface area contributed by atoms with Gasteiger partial charge in [-0.15, -0.1) is 0 Å². The molecule has 1 aromatic rings. The van der Waals surface area contributed by atoms with E-state index in [0.29, 0.717) is 23.3 Å². The van der Waals surface area contributed by atoms with E-state index in [1.165, 1.54) is 11.8 Å². The van der Waals surface area contributed by atoms with E-state index in [-0.39, 0.29) is 30.7 Å². The minimum Gasteiger partial charge on any atom is -0.482 e. The lowest BCUT2D eigenvalue weighted by Crippen LogP contribution is -2.28. The van der Waals surface area contributed by atoms with Gasteiger partial charge in [0, 0.05) is 12.1 Å². The molecule has 7 heteroatoms. The molecule has 3 rings (SSSR count). The highest BCUT2D eigenvalue weighted by molar-refractivity contribution is 5.68. The van der Waals surface area contributed by atoms with Gasteiger partial charge in [-0.25, -0.2) is 4.79 Å². The van der Waals surface area contributed by atoms with Crippen LogP contribution in [0.5, 0.6) is 5.75 Å². The number of fused-ring (bicyclic) bond motifs is 2. The fraction of sp³-hybridized carbons (Fsp3) is 0.679. The topological polar surface area (TPSA) is 111 Å². The summed E-state index contributed by atoms with van der Waals surface area (Å²) >= 11 is 0. The predicted octanol–water partition coefficient (Wildman–Crippen LogP) is 5.00. The second kappa shape index (κ2) is 13.2. The van der Waals surface area contributed by atoms with Gasteiger partial charge in [0.2, 0.25) is 0 Å². The summed E-state index contributed by atoms with van der Waals surface area (Å²) in [5, 5.41) is 20.0. The third-order valence-corrected chi connectivity index (χ3v) is 7.66. The number of hydrogen-bond acceptors (Lipinski definition) is 6. The first-order chi connectivity index (χ1) is 16.8. The quantitative estimate of drug-likeness (QED) is 0.146. The van der Waals surface area contributed by atoms with Crippen molar-refractivity contribution in [2.75, 3.05) is 6.61 Å². The summed E-state index contributed by atoms with van der Waals surface area (Å²) in [6, 6.07) is 5.89. The van der Waals surface area contributed by atoms with Crippen molar-refractivity contribution in [3.63, 3.8) is 0 Å². The van der Waals surface area contributed by atoms with Crippen LogP contribution in [0.4, 0.5) is 0 Å². The van der Waals surface area contributed by atoms with Crippen molar-refractivity contribution in [1.29, 1.82) is 0 Å². The Hall–Kier alpha value is -2.25. The zero-order valence-corrected chi connectivity index (χ0v) is 21.4. The molecular weight excluding hydrogens is 446 g/mol. The molecule has 5 atom stereocenters. The standard InChI is InChI=1S/C28H43NO6/c1-4-5-6-9-21(34-35-27(16-29)18(2)3)11-12-22-23-13-19-8-7-10-26(33-17-28(31)32)24(19)14-20(23)15-25(22)30/h7-8,10,16,18,20-23,25,30H,4-6,9,11-15,17,29H2,1-3H3,(H,31,32)/b27-16+/t20-,21-,22+,23-,25+/m0/s1. The van der Waals surface area contributed by atoms with E-state index in [1.54, 1.807) is 0 Å². The number of benzene rings is 1. The highest BCUT2D eigenvalue weighted by Crippen LogP contribution is 2.48. The number of nitrogens with two attached hydrogens (primary N) is 1. The van der Waals surface area contributed by atoms with Crippen molar-refractivity contribution in [3.8, 4) is 5.75 Å². The molecule has 2 aliphatic carbocycles. The Bertz CT molecular complexity index is 854. The highest BCUT2D eigenvalue weighted by atomic mass is 17.2. The molecule has 4 N–H and O–H groups in total. The lowest BCUT2D eigenvalue weighted by Gasteiger charge is -2.32. The Kier molecular flexibility index (Phi) is 10.3. The number of carboxylic acid groups (broad SMARTS) is 1. The molecule has 35 heavy (non-hydrogen) atoms. The van der Waals surface area contributed by atoms with Gasteiger partial charge in [-0.3, -0.25) is 0 Å². The Labute approximate surface area is 209 Å². The van der Waals surface area contributed by atoms with Crippen LogP contribution in [-0.4, -0.2) is 35.0 Å². The molecular formula is C28H43NO6. The van der Waals surface area contributed by atoms with Gasteiger partial charge >= 0.3 is 5.97 Å². The average Bonchev–Trinajstić information content (AvgIpc) is 3.13. The molecule has 0 spiro atoms. The molecule has 0 radical (unpaired) electrons. The number of aliphatic hydroxyl groups is 1. The van der Waals surface area contributed by atoms with Crippen LogP contribution < -0.4 is 10.5 Å². The number of carbonyl (C=O) groups is 1. The molecule has 0 aliphatic heterocycles. The number of allylic oxidation sites excluding steroid dienone is 1. The minimum atomic E-state index is -0.977. The third kappa shape index (κ3) is 7.37. The zero-order chi connectivity index (χ0) is 25.4. The van der Waals surface area contributed by atoms with E-state index in [0.717, 1.165) is 63.4 Å². The van der Waals surface area contributed by atoms with Crippen molar-refractivity contribution < 1.29 is 29.5 Å². The number of aliphatic carboxylic acids is 1. The first-order valence-electron chi connectivity index (χ1n) is 13.2. The smallest absolute Gasteiger partial charge is 0.341 e. The summed E-state index contributed by atoms with van der Waals surface area (Å²) < 4.78 is 5.56. The van der Waals surface area contributed by atoms with Gasteiger partial charge in [0.1, 0.15) is 11.9 Å². The fourth-order valence-corrected chi connectivity index (χ4v) is 5.76. The van der Waals surface area contributed by atoms with E-state index in [4.69, 9.17) is 25.4 Å². The van der Waals surface area contributed by atoms with Gasteiger partial charge in [-0.2, -0.15) is 4.89 Å². The fourth-order valence-electron chi connectivity index (χ4n) is 5.76. The number of rotatable bonds is 14. The van der Waals surface area contributed by atoms with Crippen molar-refractivity contribution in [1.82, 2.24) is 0 Å². The molecule has 1 saturated carbocycles. The molecule has 0 unspecified atom stereocenters. The Morgan fingerprint density at radius 1 is 1.23 bits per heavy atom. The van der Waals surface area contributed by atoms with E-state index >= 15 is 0 Å². The van der Waals surface area contributed by atoms with E-state index in [2.05, 4.69) is 13.0 Å². The zero-order valence-electron chi connectivity index (χ0n) is 21.4. The maximum absolute atomic E-state index is 11.0. The molecule has 1 aromatic carbocycles. The monoisotopic (exact) mass is 489 g/mol. The molecule has 0 bridgehead atoms. The molecule has 0 amide bonds. The minimum absolute atomic E-state index is 0.0339. The van der Waals surface area contributed by atoms with Crippen LogP contribution in [-0.2, 0) is 27.4 Å². The van der Waals surface area contributed by atoms with Crippen LogP contribution in [0.15, 0.2) is 30.2 Å². The summed E-state index contributed by atoms with van der Waals surface area (Å²) in [7, 11) is 0. The molecule has 1 fully saturated rings. The maximum Gasteiger partial charge on any atom is 0.341 e. The second-order valence-corrected chi connectivity index (χ2v) is 10.5. The Balaban J connectivity index is 1.64. The summed E-state index contributed by atoms with van der Waals surface area (Å²) in [6.07, 6.45) is 9.60. The normalized spacial score (nSPS) is 24.7. The first-order valence-corrected chi connectivity index (χ1v) is 13.2. The van der Waals surface area contributed by atoms with Gasteiger partial charge in [0.25, 0.3) is 0 Å². The Morgan fingerprint density at radius 2 is 2.03 bits per heavy atom. The van der Waals surface area contributed by atoms with Gasteiger partial charge in [-0.05, 0) is 73.5 Å². The molecule has 0 heterocycles. The maximum atomic E-state index is 11.0. The van der Waals surface area contributed by atoms with E-state index in [9.17, 15) is 9.90 Å². The number of hydrogen-bond donors (Lipinski definition) is 3. The lowest BCUT2D eigenvalue weighted by molar-refractivity contribution is -0.302. The lowest BCUT2D eigenvalue weighted by atomic mass is 9.73. The van der Waals surface area contributed by atoms with Crippen LogP contribution in [0, 0.1) is 23.7 Å². The van der Waals surface area contributed by atoms with E-state index < -0.39 is 5.97 Å². The molecule has 2 aliphatic rings. The molecule has 0 aromatic heterocycles. The number of carboxylic acids is 1. The van der Waals surface area contributed by atoms with Gasteiger partial charge in [-0.1, -0.05) is 52.2 Å². The summed E-state index contributed by atoms with van der Waals surface area (Å²) in [6.45, 7) is 5.88. The van der Waals surface area contributed by atoms with Crippen molar-refractivity contribution in [2.45, 2.75) is 90.8 Å². The molecule has 0 saturated heterocycles. The van der Waals surface area contributed by atoms with Gasteiger partial charge in [0.05, 0.1) is 6.10 Å². The third-order valence-electron chi connectivity index (χ3n) is 7.66. The highest BCUT2D eigenvalue weighted by Gasteiger charge is 2.45. The van der Waals surface area contributed by atoms with Crippen LogP contribution in [0.3, 0.4) is 0 Å². The number of aliphatic hydroxyl groups excluding tert-OH is 1. The Morgan fingerprint density at radius 3 is 2.71 bits per heavy atom. The predicted molar refractivity (Wildman–Crippen MR) is 135 cm³/mol. The van der Waals surface area contributed by atoms with Crippen LogP contribution >= 0.6 is 0 Å².